The van der Waals surface area contributed by atoms with Gasteiger partial charge in [-0.1, -0.05) is 36.9 Å². The number of hydrogen-bond acceptors (Lipinski definition) is 5. The third-order valence-electron chi connectivity index (χ3n) is 2.95. The Kier molecular flexibility index (Phi) is 6.95. The summed E-state index contributed by atoms with van der Waals surface area (Å²) < 4.78 is 5.74. The summed E-state index contributed by atoms with van der Waals surface area (Å²) in [7, 11) is -2.17. The molecule has 0 aromatic heterocycles. The van der Waals surface area contributed by atoms with Gasteiger partial charge in [-0.05, 0) is 27.7 Å². The van der Waals surface area contributed by atoms with Crippen molar-refractivity contribution in [3.05, 3.63) is 42.5 Å². The normalized spacial score (nSPS) is 11.2. The van der Waals surface area contributed by atoms with Crippen molar-refractivity contribution in [2.24, 2.45) is 0 Å². The van der Waals surface area contributed by atoms with Crippen LogP contribution in [0.3, 0.4) is 0 Å². The van der Waals surface area contributed by atoms with Gasteiger partial charge >= 0.3 is 7.32 Å². The van der Waals surface area contributed by atoms with Crippen LogP contribution in [0.1, 0.15) is 33.3 Å². The van der Waals surface area contributed by atoms with Crippen molar-refractivity contribution in [3.8, 4) is 0 Å². The predicted octanol–water partition coefficient (Wildman–Crippen LogP) is 1.17. The van der Waals surface area contributed by atoms with Gasteiger partial charge in [-0.25, -0.2) is 0 Å². The van der Waals surface area contributed by atoms with Crippen molar-refractivity contribution in [2.75, 3.05) is 0 Å². The minimum atomic E-state index is -2.17. The topological polar surface area (TPSA) is 90.2 Å². The lowest BCUT2D eigenvalue weighted by atomic mass is 9.89. The van der Waals surface area contributed by atoms with E-state index in [4.69, 9.17) is 19.8 Å². The van der Waals surface area contributed by atoms with Crippen LogP contribution in [0, 0.1) is 0 Å². The van der Waals surface area contributed by atoms with Crippen molar-refractivity contribution in [1.29, 1.82) is 0 Å². The highest BCUT2D eigenvalue weighted by Gasteiger charge is 2.37. The van der Waals surface area contributed by atoms with Gasteiger partial charge < -0.3 is 24.9 Å². The maximum absolute atomic E-state index is 9.98. The zero-order valence-electron chi connectivity index (χ0n) is 12.4. The quantitative estimate of drug-likeness (QED) is 0.491. The van der Waals surface area contributed by atoms with Crippen LogP contribution >= 0.6 is 0 Å². The highest BCUT2D eigenvalue weighted by atomic mass is 16.5. The fourth-order valence-corrected chi connectivity index (χ4v) is 1.12. The van der Waals surface area contributed by atoms with Crippen molar-refractivity contribution < 1.29 is 24.9 Å². The summed E-state index contributed by atoms with van der Waals surface area (Å²) in [6.45, 7) is 11.0. The Morgan fingerprint density at radius 3 is 1.80 bits per heavy atom. The Balaban J connectivity index is 0.000000796. The highest BCUT2D eigenvalue weighted by Crippen LogP contribution is 2.30. The molecular formula is C14H23BO5. The molecule has 0 unspecified atom stereocenters. The van der Waals surface area contributed by atoms with Gasteiger partial charge in [0.2, 0.25) is 0 Å². The maximum Gasteiger partial charge on any atom is 0.631 e. The Morgan fingerprint density at radius 2 is 1.45 bits per heavy atom. The number of rotatable bonds is 4. The van der Waals surface area contributed by atoms with Crippen LogP contribution in [-0.2, 0) is 4.74 Å². The van der Waals surface area contributed by atoms with Gasteiger partial charge in [0.25, 0.3) is 0 Å². The first-order chi connectivity index (χ1) is 8.97. The van der Waals surface area contributed by atoms with Crippen LogP contribution in [0.4, 0.5) is 0 Å². The smallest absolute Gasteiger partial charge is 0.485 e. The summed E-state index contributed by atoms with van der Waals surface area (Å²) >= 11 is 0. The van der Waals surface area contributed by atoms with Gasteiger partial charge in [0.15, 0.2) is 0 Å². The second kappa shape index (κ2) is 7.45. The molecule has 0 aliphatic carbocycles. The first kappa shape index (κ1) is 18.7. The second-order valence-corrected chi connectivity index (χ2v) is 5.31. The third kappa shape index (κ3) is 6.72. The molecule has 0 aliphatic rings. The van der Waals surface area contributed by atoms with E-state index >= 15 is 0 Å². The summed E-state index contributed by atoms with van der Waals surface area (Å²) in [4.78, 5) is 0. The lowest BCUT2D eigenvalue weighted by Gasteiger charge is -2.38. The highest BCUT2D eigenvalue weighted by molar-refractivity contribution is 6.30. The van der Waals surface area contributed by atoms with Crippen LogP contribution < -0.4 is 0 Å². The van der Waals surface area contributed by atoms with Crippen molar-refractivity contribution in [2.45, 2.75) is 38.9 Å². The molecule has 0 bridgehead atoms. The zero-order valence-corrected chi connectivity index (χ0v) is 12.4. The van der Waals surface area contributed by atoms with Gasteiger partial charge in [-0.3, -0.25) is 0 Å². The van der Waals surface area contributed by atoms with Crippen molar-refractivity contribution >= 4 is 13.1 Å². The molecule has 4 N–H and O–H groups in total. The van der Waals surface area contributed by atoms with Crippen molar-refractivity contribution in [3.63, 3.8) is 0 Å². The minimum absolute atomic E-state index is 0.577. The molecule has 5 nitrogen and oxygen atoms in total. The van der Waals surface area contributed by atoms with Gasteiger partial charge in [0, 0.05) is 5.56 Å². The lowest BCUT2D eigenvalue weighted by molar-refractivity contribution is -0.105. The van der Waals surface area contributed by atoms with E-state index < -0.39 is 18.5 Å². The Hall–Kier alpha value is -1.34. The molecule has 1 rings (SSSR count). The van der Waals surface area contributed by atoms with Gasteiger partial charge in [0.05, 0.1) is 5.60 Å². The van der Waals surface area contributed by atoms with E-state index in [2.05, 4.69) is 6.58 Å². The molecule has 0 atom stereocenters. The van der Waals surface area contributed by atoms with E-state index in [0.717, 1.165) is 5.56 Å². The molecule has 0 aliphatic heterocycles. The molecule has 0 spiro atoms. The van der Waals surface area contributed by atoms with E-state index in [-0.39, 0.29) is 0 Å². The van der Waals surface area contributed by atoms with Crippen LogP contribution in [0.2, 0.25) is 0 Å². The van der Waals surface area contributed by atoms with E-state index in [0.29, 0.717) is 5.76 Å². The van der Waals surface area contributed by atoms with Gasteiger partial charge in [-0.15, -0.1) is 0 Å². The first-order valence-corrected chi connectivity index (χ1v) is 6.17. The molecule has 6 heteroatoms. The second-order valence-electron chi connectivity index (χ2n) is 5.31. The standard InChI is InChI=1S/C14H20O2.BH3O3/c1-11(12-9-7-6-8-10-12)16-14(4,5)13(2,3)15;2-1(3)4/h6-10,15H,1H2,2-5H3;2-4H. The lowest BCUT2D eigenvalue weighted by Crippen LogP contribution is -2.46. The predicted molar refractivity (Wildman–Crippen MR) is 79.3 cm³/mol. The average Bonchev–Trinajstić information content (AvgIpc) is 2.27. The molecule has 0 amide bonds. The summed E-state index contributed by atoms with van der Waals surface area (Å²) in [5.74, 6) is 0.577. The monoisotopic (exact) mass is 282 g/mol. The van der Waals surface area contributed by atoms with Crippen molar-refractivity contribution in [1.82, 2.24) is 0 Å². The molecule has 0 heterocycles. The zero-order chi connectivity index (χ0) is 16.0. The fourth-order valence-electron chi connectivity index (χ4n) is 1.12. The summed E-state index contributed by atoms with van der Waals surface area (Å²) in [6, 6.07) is 9.67. The Labute approximate surface area is 120 Å². The Morgan fingerprint density at radius 1 is 1.05 bits per heavy atom. The Bertz CT molecular complexity index is 407. The SMILES string of the molecule is C=C(OC(C)(C)C(C)(C)O)c1ccccc1.OB(O)O. The number of aliphatic hydroxyl groups is 1. The molecule has 1 aromatic carbocycles. The number of benzene rings is 1. The number of hydrogen-bond donors (Lipinski definition) is 4. The maximum atomic E-state index is 9.98. The molecule has 0 radical (unpaired) electrons. The third-order valence-corrected chi connectivity index (χ3v) is 2.95. The van der Waals surface area contributed by atoms with Crippen LogP contribution in [-0.4, -0.2) is 38.7 Å². The van der Waals surface area contributed by atoms with E-state index in [1.807, 2.05) is 44.2 Å². The molecular weight excluding hydrogens is 259 g/mol. The molecule has 0 saturated carbocycles. The van der Waals surface area contributed by atoms with E-state index in [1.54, 1.807) is 13.8 Å². The van der Waals surface area contributed by atoms with Gasteiger partial charge in [0.1, 0.15) is 11.4 Å². The molecule has 112 valence electrons. The summed E-state index contributed by atoms with van der Waals surface area (Å²) in [6.07, 6.45) is 0. The first-order valence-electron chi connectivity index (χ1n) is 6.17. The molecule has 0 fully saturated rings. The van der Waals surface area contributed by atoms with Crippen LogP contribution in [0.5, 0.6) is 0 Å². The molecule has 0 saturated heterocycles. The average molecular weight is 282 g/mol. The van der Waals surface area contributed by atoms with Crippen LogP contribution in [0.15, 0.2) is 36.9 Å². The summed E-state index contributed by atoms with van der Waals surface area (Å²) in [5.41, 5.74) is -0.676. The largest absolute Gasteiger partial charge is 0.631 e. The summed E-state index contributed by atoms with van der Waals surface area (Å²) in [5, 5.41) is 31.5. The van der Waals surface area contributed by atoms with Crippen LogP contribution in [0.25, 0.3) is 5.76 Å². The molecule has 20 heavy (non-hydrogen) atoms. The van der Waals surface area contributed by atoms with E-state index in [1.165, 1.54) is 0 Å². The minimum Gasteiger partial charge on any atom is -0.485 e. The van der Waals surface area contributed by atoms with E-state index in [9.17, 15) is 5.11 Å². The number of ether oxygens (including phenoxy) is 1. The molecule has 1 aromatic rings. The van der Waals surface area contributed by atoms with Gasteiger partial charge in [-0.2, -0.15) is 0 Å². The fraction of sp³-hybridized carbons (Fsp3) is 0.429.